The molecule has 0 unspecified atom stereocenters. The van der Waals surface area contributed by atoms with E-state index in [-0.39, 0.29) is 18.8 Å². The lowest BCUT2D eigenvalue weighted by Gasteiger charge is -2.19. The molecule has 0 aromatic heterocycles. The first-order valence-electron chi connectivity index (χ1n) is 7.06. The topological polar surface area (TPSA) is 50.4 Å². The minimum Gasteiger partial charge on any atom is -0.444 e. The van der Waals surface area contributed by atoms with Gasteiger partial charge in [-0.1, -0.05) is 0 Å². The Bertz CT molecular complexity index is 539. The lowest BCUT2D eigenvalue weighted by molar-refractivity contribution is -0.137. The molecular weight excluding hydrogens is 316 g/mol. The van der Waals surface area contributed by atoms with Crippen LogP contribution in [-0.4, -0.2) is 24.8 Å². The fourth-order valence-electron chi connectivity index (χ4n) is 1.65. The van der Waals surface area contributed by atoms with E-state index in [9.17, 15) is 22.4 Å². The molecule has 130 valence electrons. The number of hydrogen-bond acceptors (Lipinski definition) is 3. The van der Waals surface area contributed by atoms with E-state index in [4.69, 9.17) is 4.74 Å². The van der Waals surface area contributed by atoms with Gasteiger partial charge in [-0.2, -0.15) is 13.2 Å². The van der Waals surface area contributed by atoms with E-state index in [1.807, 2.05) is 0 Å². The average Bonchev–Trinajstić information content (AvgIpc) is 2.36. The first-order chi connectivity index (χ1) is 10.5. The van der Waals surface area contributed by atoms with E-state index in [1.165, 1.54) is 0 Å². The van der Waals surface area contributed by atoms with E-state index in [0.29, 0.717) is 12.5 Å². The van der Waals surface area contributed by atoms with Gasteiger partial charge in [0.25, 0.3) is 0 Å². The second kappa shape index (κ2) is 7.52. The summed E-state index contributed by atoms with van der Waals surface area (Å²) < 4.78 is 56.1. The summed E-state index contributed by atoms with van der Waals surface area (Å²) in [6.45, 7) is 5.64. The number of halogens is 4. The van der Waals surface area contributed by atoms with E-state index in [0.717, 1.165) is 12.1 Å². The number of carbonyl (C=O) groups excluding carboxylic acids is 1. The molecule has 0 aliphatic heterocycles. The predicted molar refractivity (Wildman–Crippen MR) is 78.7 cm³/mol. The zero-order valence-electron chi connectivity index (χ0n) is 13.2. The molecule has 0 radical (unpaired) electrons. The molecule has 0 heterocycles. The van der Waals surface area contributed by atoms with Crippen LogP contribution in [0.25, 0.3) is 0 Å². The second-order valence-electron chi connectivity index (χ2n) is 5.90. The number of amides is 1. The molecule has 0 aliphatic rings. The summed E-state index contributed by atoms with van der Waals surface area (Å²) >= 11 is 0. The Hall–Kier alpha value is -1.99. The zero-order chi connectivity index (χ0) is 17.7. The Morgan fingerprint density at radius 2 is 1.83 bits per heavy atom. The number of alkyl carbamates (subject to hydrolysis) is 1. The van der Waals surface area contributed by atoms with Crippen LogP contribution in [0.15, 0.2) is 18.2 Å². The van der Waals surface area contributed by atoms with Gasteiger partial charge in [-0.25, -0.2) is 9.18 Å². The number of anilines is 1. The number of benzene rings is 1. The molecule has 0 bridgehead atoms. The Labute approximate surface area is 132 Å². The molecular formula is C15H20F4N2O2. The molecule has 0 spiro atoms. The van der Waals surface area contributed by atoms with Crippen molar-refractivity contribution in [2.45, 2.75) is 39.0 Å². The van der Waals surface area contributed by atoms with Crippen molar-refractivity contribution < 1.29 is 27.1 Å². The normalized spacial score (nSPS) is 12.0. The molecule has 1 amide bonds. The second-order valence-corrected chi connectivity index (χ2v) is 5.90. The maximum Gasteiger partial charge on any atom is 0.416 e. The van der Waals surface area contributed by atoms with Gasteiger partial charge in [-0.05, 0) is 45.4 Å². The third-order valence-electron chi connectivity index (χ3n) is 2.63. The number of rotatable bonds is 5. The molecule has 1 rings (SSSR count). The highest BCUT2D eigenvalue weighted by atomic mass is 19.4. The third kappa shape index (κ3) is 7.21. The monoisotopic (exact) mass is 336 g/mol. The van der Waals surface area contributed by atoms with E-state index < -0.39 is 29.3 Å². The maximum absolute atomic E-state index is 13.5. The molecule has 23 heavy (non-hydrogen) atoms. The molecule has 0 atom stereocenters. The quantitative estimate of drug-likeness (QED) is 0.627. The average molecular weight is 336 g/mol. The third-order valence-corrected chi connectivity index (χ3v) is 2.63. The van der Waals surface area contributed by atoms with Crippen LogP contribution < -0.4 is 10.6 Å². The van der Waals surface area contributed by atoms with Gasteiger partial charge < -0.3 is 15.4 Å². The lowest BCUT2D eigenvalue weighted by Crippen LogP contribution is -2.33. The summed E-state index contributed by atoms with van der Waals surface area (Å²) in [7, 11) is 0. The van der Waals surface area contributed by atoms with Gasteiger partial charge in [0.2, 0.25) is 0 Å². The summed E-state index contributed by atoms with van der Waals surface area (Å²) in [4.78, 5) is 11.4. The summed E-state index contributed by atoms with van der Waals surface area (Å²) in [5.74, 6) is -0.766. The minimum absolute atomic E-state index is 0.202. The Morgan fingerprint density at radius 3 is 2.39 bits per heavy atom. The van der Waals surface area contributed by atoms with Crippen molar-refractivity contribution in [3.05, 3.63) is 29.6 Å². The highest BCUT2D eigenvalue weighted by Crippen LogP contribution is 2.31. The van der Waals surface area contributed by atoms with Crippen LogP contribution in [0.1, 0.15) is 32.8 Å². The number of carbonyl (C=O) groups is 1. The number of alkyl halides is 3. The summed E-state index contributed by atoms with van der Waals surface area (Å²) in [5.41, 5.74) is -1.76. The molecule has 0 saturated heterocycles. The van der Waals surface area contributed by atoms with Crippen LogP contribution >= 0.6 is 0 Å². The van der Waals surface area contributed by atoms with Crippen LogP contribution in [0.4, 0.5) is 28.0 Å². The van der Waals surface area contributed by atoms with Crippen LogP contribution in [0, 0.1) is 5.82 Å². The van der Waals surface area contributed by atoms with Gasteiger partial charge >= 0.3 is 12.3 Å². The standard InChI is InChI=1S/C15H20F4N2O2/c1-14(2,3)23-13(22)21-8-4-7-20-12-9-10(15(17,18)19)5-6-11(12)16/h5-6,9,20H,4,7-8H2,1-3H3,(H,21,22). The van der Waals surface area contributed by atoms with E-state index >= 15 is 0 Å². The van der Waals surface area contributed by atoms with Crippen LogP contribution in [0.3, 0.4) is 0 Å². The van der Waals surface area contributed by atoms with Crippen LogP contribution in [0.2, 0.25) is 0 Å². The van der Waals surface area contributed by atoms with Gasteiger partial charge in [-0.15, -0.1) is 0 Å². The van der Waals surface area contributed by atoms with Crippen molar-refractivity contribution in [3.8, 4) is 0 Å². The summed E-state index contributed by atoms with van der Waals surface area (Å²) in [6, 6.07) is 2.17. The Balaban J connectivity index is 2.40. The molecule has 1 aromatic rings. The maximum atomic E-state index is 13.5. The highest BCUT2D eigenvalue weighted by Gasteiger charge is 2.31. The van der Waals surface area contributed by atoms with E-state index in [1.54, 1.807) is 20.8 Å². The zero-order valence-corrected chi connectivity index (χ0v) is 13.2. The lowest BCUT2D eigenvalue weighted by atomic mass is 10.2. The van der Waals surface area contributed by atoms with Crippen molar-refractivity contribution in [2.24, 2.45) is 0 Å². The minimum atomic E-state index is -4.53. The largest absolute Gasteiger partial charge is 0.444 e. The first-order valence-corrected chi connectivity index (χ1v) is 7.06. The van der Waals surface area contributed by atoms with Crippen molar-refractivity contribution in [3.63, 3.8) is 0 Å². The number of ether oxygens (including phenoxy) is 1. The van der Waals surface area contributed by atoms with Crippen LogP contribution in [-0.2, 0) is 10.9 Å². The summed E-state index contributed by atoms with van der Waals surface area (Å²) in [5, 5.41) is 5.08. The van der Waals surface area contributed by atoms with Gasteiger partial charge in [-0.3, -0.25) is 0 Å². The van der Waals surface area contributed by atoms with E-state index in [2.05, 4.69) is 10.6 Å². The smallest absolute Gasteiger partial charge is 0.416 e. The first kappa shape index (κ1) is 19.1. The van der Waals surface area contributed by atoms with Crippen molar-refractivity contribution in [2.75, 3.05) is 18.4 Å². The highest BCUT2D eigenvalue weighted by molar-refractivity contribution is 5.67. The molecule has 4 nitrogen and oxygen atoms in total. The van der Waals surface area contributed by atoms with Crippen molar-refractivity contribution >= 4 is 11.8 Å². The molecule has 0 saturated carbocycles. The Kier molecular flexibility index (Phi) is 6.23. The summed E-state index contributed by atoms with van der Waals surface area (Å²) in [6.07, 6.45) is -4.71. The number of nitrogens with one attached hydrogen (secondary N) is 2. The SMILES string of the molecule is CC(C)(C)OC(=O)NCCCNc1cc(C(F)(F)F)ccc1F. The fourth-order valence-corrected chi connectivity index (χ4v) is 1.65. The molecule has 0 aliphatic carbocycles. The number of hydrogen-bond donors (Lipinski definition) is 2. The predicted octanol–water partition coefficient (Wildman–Crippen LogP) is 4.17. The van der Waals surface area contributed by atoms with Gasteiger partial charge in [0.15, 0.2) is 0 Å². The molecule has 1 aromatic carbocycles. The van der Waals surface area contributed by atoms with Gasteiger partial charge in [0.1, 0.15) is 11.4 Å². The van der Waals surface area contributed by atoms with Crippen molar-refractivity contribution in [1.82, 2.24) is 5.32 Å². The van der Waals surface area contributed by atoms with Crippen LogP contribution in [0.5, 0.6) is 0 Å². The molecule has 2 N–H and O–H groups in total. The Morgan fingerprint density at radius 1 is 1.17 bits per heavy atom. The fraction of sp³-hybridized carbons (Fsp3) is 0.533. The van der Waals surface area contributed by atoms with Crippen molar-refractivity contribution in [1.29, 1.82) is 0 Å². The van der Waals surface area contributed by atoms with Gasteiger partial charge in [0.05, 0.1) is 11.3 Å². The molecule has 8 heteroatoms. The van der Waals surface area contributed by atoms with Gasteiger partial charge in [0, 0.05) is 13.1 Å². The molecule has 0 fully saturated rings.